The van der Waals surface area contributed by atoms with Gasteiger partial charge in [-0.05, 0) is 24.9 Å². The Morgan fingerprint density at radius 1 is 1.30 bits per heavy atom. The zero-order valence-corrected chi connectivity index (χ0v) is 13.8. The highest BCUT2D eigenvalue weighted by atomic mass is 32.2. The molecular weight excluding hydrogens is 314 g/mol. The largest absolute Gasteiger partial charge is 0.312 e. The van der Waals surface area contributed by atoms with Crippen LogP contribution in [0.25, 0.3) is 0 Å². The maximum Gasteiger partial charge on any atom is 0.242 e. The van der Waals surface area contributed by atoms with Gasteiger partial charge in [0.05, 0.1) is 22.1 Å². The molecule has 2 aromatic heterocycles. The maximum atomic E-state index is 12.3. The molecule has 8 heteroatoms. The van der Waals surface area contributed by atoms with Gasteiger partial charge >= 0.3 is 0 Å². The second-order valence-electron chi connectivity index (χ2n) is 4.17. The van der Waals surface area contributed by atoms with Gasteiger partial charge < -0.3 is 5.32 Å². The minimum absolute atomic E-state index is 0.225. The van der Waals surface area contributed by atoms with Gasteiger partial charge in [-0.3, -0.25) is 0 Å². The van der Waals surface area contributed by atoms with E-state index < -0.39 is 10.0 Å². The van der Waals surface area contributed by atoms with E-state index in [4.69, 9.17) is 0 Å². The molecule has 20 heavy (non-hydrogen) atoms. The average molecular weight is 331 g/mol. The van der Waals surface area contributed by atoms with Crippen molar-refractivity contribution in [3.8, 4) is 0 Å². The summed E-state index contributed by atoms with van der Waals surface area (Å²) in [4.78, 5) is 5.43. The van der Waals surface area contributed by atoms with E-state index in [-0.39, 0.29) is 6.54 Å². The van der Waals surface area contributed by atoms with Gasteiger partial charge in [-0.2, -0.15) is 0 Å². The molecule has 0 atom stereocenters. The Hall–Kier alpha value is -0.800. The maximum absolute atomic E-state index is 12.3. The molecule has 0 fully saturated rings. The summed E-state index contributed by atoms with van der Waals surface area (Å²) in [5, 5.41) is 7.75. The number of aromatic nitrogens is 1. The molecule has 0 aliphatic rings. The number of thiazole rings is 1. The molecule has 5 nitrogen and oxygen atoms in total. The van der Waals surface area contributed by atoms with Crippen molar-refractivity contribution in [2.45, 2.75) is 31.8 Å². The normalized spacial score (nSPS) is 11.9. The second-order valence-corrected chi connectivity index (χ2v) is 7.97. The smallest absolute Gasteiger partial charge is 0.242 e. The lowest BCUT2D eigenvalue weighted by atomic mass is 10.4. The number of thiophene rings is 1. The van der Waals surface area contributed by atoms with Crippen molar-refractivity contribution in [2.75, 3.05) is 6.54 Å². The Morgan fingerprint density at radius 2 is 2.10 bits per heavy atom. The van der Waals surface area contributed by atoms with Crippen LogP contribution in [0.3, 0.4) is 0 Å². The topological polar surface area (TPSA) is 71.1 Å². The number of rotatable bonds is 7. The Bertz CT molecular complexity index is 661. The lowest BCUT2D eigenvalue weighted by Crippen LogP contribution is -2.24. The predicted molar refractivity (Wildman–Crippen MR) is 82.6 cm³/mol. The third-order valence-electron chi connectivity index (χ3n) is 2.64. The van der Waals surface area contributed by atoms with Gasteiger partial charge in [0, 0.05) is 16.8 Å². The summed E-state index contributed by atoms with van der Waals surface area (Å²) < 4.78 is 27.2. The van der Waals surface area contributed by atoms with Crippen LogP contribution in [0.1, 0.15) is 22.5 Å². The lowest BCUT2D eigenvalue weighted by Gasteiger charge is -2.07. The first-order valence-electron chi connectivity index (χ1n) is 6.20. The van der Waals surface area contributed by atoms with E-state index in [0.717, 1.165) is 22.1 Å². The monoisotopic (exact) mass is 331 g/mol. The van der Waals surface area contributed by atoms with Crippen LogP contribution in [-0.2, 0) is 23.1 Å². The van der Waals surface area contributed by atoms with E-state index in [1.165, 1.54) is 22.7 Å². The highest BCUT2D eigenvalue weighted by Gasteiger charge is 2.19. The van der Waals surface area contributed by atoms with Gasteiger partial charge in [0.15, 0.2) is 0 Å². The molecule has 0 aliphatic carbocycles. The van der Waals surface area contributed by atoms with Crippen LogP contribution in [0, 0.1) is 6.92 Å². The van der Waals surface area contributed by atoms with E-state index >= 15 is 0 Å². The van der Waals surface area contributed by atoms with Crippen LogP contribution in [-0.4, -0.2) is 19.9 Å². The molecule has 0 saturated carbocycles. The Kier molecular flexibility index (Phi) is 5.28. The first kappa shape index (κ1) is 15.6. The summed E-state index contributed by atoms with van der Waals surface area (Å²) >= 11 is 2.96. The zero-order chi connectivity index (χ0) is 14.6. The third kappa shape index (κ3) is 3.86. The zero-order valence-electron chi connectivity index (χ0n) is 11.3. The van der Waals surface area contributed by atoms with Crippen LogP contribution in [0.5, 0.6) is 0 Å². The summed E-state index contributed by atoms with van der Waals surface area (Å²) in [5.74, 6) is 0. The van der Waals surface area contributed by atoms with Crippen LogP contribution in [0.2, 0.25) is 0 Å². The fourth-order valence-corrected chi connectivity index (χ4v) is 4.69. The molecule has 0 radical (unpaired) electrons. The number of hydrogen-bond donors (Lipinski definition) is 2. The van der Waals surface area contributed by atoms with Gasteiger partial charge in [0.25, 0.3) is 0 Å². The molecule has 0 unspecified atom stereocenters. The van der Waals surface area contributed by atoms with Crippen molar-refractivity contribution < 1.29 is 8.42 Å². The molecule has 2 N–H and O–H groups in total. The van der Waals surface area contributed by atoms with Crippen LogP contribution >= 0.6 is 22.7 Å². The molecule has 0 bridgehead atoms. The highest BCUT2D eigenvalue weighted by Crippen LogP contribution is 2.22. The quantitative estimate of drug-likeness (QED) is 0.815. The summed E-state index contributed by atoms with van der Waals surface area (Å²) in [5.41, 5.74) is 0.750. The third-order valence-corrected chi connectivity index (χ3v) is 6.00. The predicted octanol–water partition coefficient (Wildman–Crippen LogP) is 2.10. The lowest BCUT2D eigenvalue weighted by molar-refractivity contribution is 0.579. The molecule has 0 saturated heterocycles. The molecule has 110 valence electrons. The summed E-state index contributed by atoms with van der Waals surface area (Å²) in [6.07, 6.45) is 0. The van der Waals surface area contributed by atoms with Gasteiger partial charge in [0.1, 0.15) is 0 Å². The van der Waals surface area contributed by atoms with Crippen molar-refractivity contribution >= 4 is 32.7 Å². The Morgan fingerprint density at radius 3 is 2.75 bits per heavy atom. The highest BCUT2D eigenvalue weighted by molar-refractivity contribution is 7.89. The summed E-state index contributed by atoms with van der Waals surface area (Å²) in [6, 6.07) is 1.64. The standard InChI is InChI=1S/C12H17N3O2S3/c1-3-13-7-11-12(4-5-18-11)20(16,17)14-6-10-8-19-9(2)15-10/h4-5,8,13-14H,3,6-7H2,1-2H3. The molecule has 0 aliphatic heterocycles. The molecular formula is C12H17N3O2S3. The van der Waals surface area contributed by atoms with E-state index in [0.29, 0.717) is 11.4 Å². The number of sulfonamides is 1. The first-order chi connectivity index (χ1) is 9.53. The summed E-state index contributed by atoms with van der Waals surface area (Å²) in [7, 11) is -3.48. The van der Waals surface area contributed by atoms with Crippen LogP contribution in [0.15, 0.2) is 21.7 Å². The molecule has 0 aromatic carbocycles. The van der Waals surface area contributed by atoms with Gasteiger partial charge in [0.2, 0.25) is 10.0 Å². The van der Waals surface area contributed by atoms with Crippen molar-refractivity contribution in [2.24, 2.45) is 0 Å². The van der Waals surface area contributed by atoms with Crippen LogP contribution in [0.4, 0.5) is 0 Å². The fraction of sp³-hybridized carbons (Fsp3) is 0.417. The van der Waals surface area contributed by atoms with E-state index in [1.807, 2.05) is 19.2 Å². The number of hydrogen-bond acceptors (Lipinski definition) is 6. The molecule has 2 aromatic rings. The second kappa shape index (κ2) is 6.77. The SMILES string of the molecule is CCNCc1sccc1S(=O)(=O)NCc1csc(C)n1. The molecule has 0 spiro atoms. The molecule has 2 heterocycles. The van der Waals surface area contributed by atoms with Gasteiger partial charge in [-0.15, -0.1) is 22.7 Å². The first-order valence-corrected chi connectivity index (χ1v) is 9.45. The van der Waals surface area contributed by atoms with Gasteiger partial charge in [-0.1, -0.05) is 6.92 Å². The average Bonchev–Trinajstić information content (AvgIpc) is 3.03. The molecule has 2 rings (SSSR count). The summed E-state index contributed by atoms with van der Waals surface area (Å²) in [6.45, 7) is 5.49. The van der Waals surface area contributed by atoms with E-state index in [2.05, 4.69) is 15.0 Å². The van der Waals surface area contributed by atoms with Crippen molar-refractivity contribution in [3.05, 3.63) is 32.4 Å². The van der Waals surface area contributed by atoms with E-state index in [9.17, 15) is 8.42 Å². The molecule has 0 amide bonds. The van der Waals surface area contributed by atoms with Crippen molar-refractivity contribution in [1.29, 1.82) is 0 Å². The van der Waals surface area contributed by atoms with Gasteiger partial charge in [-0.25, -0.2) is 18.1 Å². The minimum Gasteiger partial charge on any atom is -0.312 e. The minimum atomic E-state index is -3.48. The van der Waals surface area contributed by atoms with E-state index in [1.54, 1.807) is 11.4 Å². The Balaban J connectivity index is 2.08. The fourth-order valence-electron chi connectivity index (χ4n) is 1.67. The number of nitrogens with zero attached hydrogens (tertiary/aromatic N) is 1. The van der Waals surface area contributed by atoms with Crippen LogP contribution < -0.4 is 10.0 Å². The Labute approximate surface area is 127 Å². The van der Waals surface area contributed by atoms with Crippen molar-refractivity contribution in [3.63, 3.8) is 0 Å². The van der Waals surface area contributed by atoms with Crippen molar-refractivity contribution in [1.82, 2.24) is 15.0 Å². The number of nitrogens with one attached hydrogen (secondary N) is 2. The number of aryl methyl sites for hydroxylation is 1.